The molecular weight excluding hydrogens is 344 g/mol. The molecule has 4 nitrogen and oxygen atoms in total. The van der Waals surface area contributed by atoms with Gasteiger partial charge in [-0.1, -0.05) is 42.5 Å². The van der Waals surface area contributed by atoms with Crippen LogP contribution in [0.1, 0.15) is 23.4 Å². The van der Waals surface area contributed by atoms with Gasteiger partial charge in [0.2, 0.25) is 5.91 Å². The van der Waals surface area contributed by atoms with Crippen molar-refractivity contribution < 1.29 is 9.53 Å². The van der Waals surface area contributed by atoms with Crippen molar-refractivity contribution >= 4 is 22.9 Å². The van der Waals surface area contributed by atoms with Gasteiger partial charge in [-0.3, -0.25) is 10.1 Å². The summed E-state index contributed by atoms with van der Waals surface area (Å²) >= 11 is 1.68. The molecule has 0 aliphatic rings. The van der Waals surface area contributed by atoms with Crippen molar-refractivity contribution in [2.75, 3.05) is 12.4 Å². The van der Waals surface area contributed by atoms with Crippen LogP contribution in [0.3, 0.4) is 0 Å². The molecule has 2 aromatic carbocycles. The lowest BCUT2D eigenvalue weighted by molar-refractivity contribution is -0.117. The Morgan fingerprint density at radius 2 is 1.85 bits per heavy atom. The second-order valence-electron chi connectivity index (χ2n) is 5.97. The molecule has 0 aliphatic carbocycles. The number of benzene rings is 2. The molecule has 2 N–H and O–H groups in total. The number of nitrogens with one attached hydrogen (secondary N) is 2. The van der Waals surface area contributed by atoms with Crippen molar-refractivity contribution in [3.05, 3.63) is 82.6 Å². The second-order valence-corrected chi connectivity index (χ2v) is 6.95. The average Bonchev–Trinajstić information content (AvgIpc) is 3.21. The minimum atomic E-state index is -0.367. The van der Waals surface area contributed by atoms with Crippen molar-refractivity contribution in [3.8, 4) is 5.75 Å². The molecule has 5 heteroatoms. The van der Waals surface area contributed by atoms with Gasteiger partial charge in [-0.15, -0.1) is 11.3 Å². The minimum Gasteiger partial charge on any atom is -0.497 e. The lowest BCUT2D eigenvalue weighted by Gasteiger charge is -2.22. The first-order valence-corrected chi connectivity index (χ1v) is 9.34. The van der Waals surface area contributed by atoms with Crippen LogP contribution in [-0.4, -0.2) is 19.1 Å². The Balaban J connectivity index is 1.73. The SMILES string of the molecule is COc1cccc(NC(=O)[C@H](C)N[C@@H](c2ccccc2)c2cccs2)c1. The van der Waals surface area contributed by atoms with Gasteiger partial charge >= 0.3 is 0 Å². The third-order valence-electron chi connectivity index (χ3n) is 4.11. The summed E-state index contributed by atoms with van der Waals surface area (Å²) in [5, 5.41) is 8.44. The van der Waals surface area contributed by atoms with Crippen molar-refractivity contribution in [1.29, 1.82) is 0 Å². The molecule has 0 saturated carbocycles. The van der Waals surface area contributed by atoms with Crippen LogP contribution in [0.5, 0.6) is 5.75 Å². The predicted molar refractivity (Wildman–Crippen MR) is 107 cm³/mol. The Morgan fingerprint density at radius 1 is 1.04 bits per heavy atom. The monoisotopic (exact) mass is 366 g/mol. The quantitative estimate of drug-likeness (QED) is 0.649. The van der Waals surface area contributed by atoms with Crippen LogP contribution in [0.2, 0.25) is 0 Å². The number of amides is 1. The summed E-state index contributed by atoms with van der Waals surface area (Å²) in [6.07, 6.45) is 0. The summed E-state index contributed by atoms with van der Waals surface area (Å²) in [5.41, 5.74) is 1.85. The highest BCUT2D eigenvalue weighted by molar-refractivity contribution is 7.10. The van der Waals surface area contributed by atoms with E-state index in [1.807, 2.05) is 54.8 Å². The van der Waals surface area contributed by atoms with Crippen LogP contribution in [0, 0.1) is 0 Å². The summed E-state index contributed by atoms with van der Waals surface area (Å²) in [4.78, 5) is 13.8. The van der Waals surface area contributed by atoms with Gasteiger partial charge in [0.1, 0.15) is 5.75 Å². The smallest absolute Gasteiger partial charge is 0.241 e. The molecule has 134 valence electrons. The summed E-state index contributed by atoms with van der Waals surface area (Å²) in [7, 11) is 1.61. The number of carbonyl (C=O) groups excluding carboxylic acids is 1. The highest BCUT2D eigenvalue weighted by Crippen LogP contribution is 2.26. The number of thiophene rings is 1. The number of hydrogen-bond acceptors (Lipinski definition) is 4. The molecule has 0 fully saturated rings. The number of rotatable bonds is 7. The number of ether oxygens (including phenoxy) is 1. The molecule has 0 saturated heterocycles. The molecule has 26 heavy (non-hydrogen) atoms. The van der Waals surface area contributed by atoms with Gasteiger partial charge in [0.05, 0.1) is 19.2 Å². The molecule has 0 spiro atoms. The molecule has 1 heterocycles. The van der Waals surface area contributed by atoms with Crippen molar-refractivity contribution in [2.45, 2.75) is 19.0 Å². The topological polar surface area (TPSA) is 50.4 Å². The zero-order chi connectivity index (χ0) is 18.4. The van der Waals surface area contributed by atoms with Crippen LogP contribution in [0.4, 0.5) is 5.69 Å². The zero-order valence-electron chi connectivity index (χ0n) is 14.8. The average molecular weight is 366 g/mol. The van der Waals surface area contributed by atoms with E-state index in [4.69, 9.17) is 4.74 Å². The summed E-state index contributed by atoms with van der Waals surface area (Å²) in [6, 6.07) is 21.2. The zero-order valence-corrected chi connectivity index (χ0v) is 15.6. The summed E-state index contributed by atoms with van der Waals surface area (Å²) in [6.45, 7) is 1.87. The fraction of sp³-hybridized carbons (Fsp3) is 0.190. The van der Waals surface area contributed by atoms with E-state index in [9.17, 15) is 4.79 Å². The highest BCUT2D eigenvalue weighted by Gasteiger charge is 2.21. The molecule has 0 radical (unpaired) electrons. The normalized spacial score (nSPS) is 13.0. The largest absolute Gasteiger partial charge is 0.497 e. The first-order chi connectivity index (χ1) is 12.7. The Kier molecular flexibility index (Phi) is 6.04. The first-order valence-electron chi connectivity index (χ1n) is 8.46. The third-order valence-corrected chi connectivity index (χ3v) is 5.05. The number of methoxy groups -OCH3 is 1. The van der Waals surface area contributed by atoms with Crippen LogP contribution >= 0.6 is 11.3 Å². The maximum Gasteiger partial charge on any atom is 0.241 e. The van der Waals surface area contributed by atoms with Gasteiger partial charge in [0.15, 0.2) is 0 Å². The van der Waals surface area contributed by atoms with Crippen LogP contribution in [-0.2, 0) is 4.79 Å². The van der Waals surface area contributed by atoms with E-state index in [1.54, 1.807) is 24.5 Å². The van der Waals surface area contributed by atoms with Gasteiger partial charge in [-0.05, 0) is 36.1 Å². The fourth-order valence-corrected chi connectivity index (χ4v) is 3.53. The van der Waals surface area contributed by atoms with E-state index < -0.39 is 0 Å². The van der Waals surface area contributed by atoms with Crippen LogP contribution < -0.4 is 15.4 Å². The molecule has 0 aliphatic heterocycles. The number of hydrogen-bond donors (Lipinski definition) is 2. The van der Waals surface area contributed by atoms with Crippen LogP contribution in [0.15, 0.2) is 72.1 Å². The molecule has 0 bridgehead atoms. The fourth-order valence-electron chi connectivity index (χ4n) is 2.72. The molecule has 0 unspecified atom stereocenters. The lowest BCUT2D eigenvalue weighted by Crippen LogP contribution is -2.40. The van der Waals surface area contributed by atoms with Gasteiger partial charge in [0.25, 0.3) is 0 Å². The minimum absolute atomic E-state index is 0.0257. The third kappa shape index (κ3) is 4.50. The molecule has 3 aromatic rings. The van der Waals surface area contributed by atoms with E-state index in [0.717, 1.165) is 11.3 Å². The standard InChI is InChI=1S/C21H22N2O2S/c1-15(21(24)23-17-10-6-11-18(14-17)25-2)22-20(19-12-7-13-26-19)16-8-4-3-5-9-16/h3-15,20,22H,1-2H3,(H,23,24)/t15-,20-/m0/s1. The molecule has 3 rings (SSSR count). The van der Waals surface area contributed by atoms with Crippen molar-refractivity contribution in [3.63, 3.8) is 0 Å². The van der Waals surface area contributed by atoms with Gasteiger partial charge in [0, 0.05) is 16.6 Å². The molecule has 1 amide bonds. The van der Waals surface area contributed by atoms with Gasteiger partial charge < -0.3 is 10.1 Å². The number of anilines is 1. The maximum absolute atomic E-state index is 12.6. The van der Waals surface area contributed by atoms with Crippen molar-refractivity contribution in [2.24, 2.45) is 0 Å². The Labute approximate surface area is 157 Å². The van der Waals surface area contributed by atoms with Crippen molar-refractivity contribution in [1.82, 2.24) is 5.32 Å². The number of carbonyl (C=O) groups is 1. The Morgan fingerprint density at radius 3 is 2.54 bits per heavy atom. The predicted octanol–water partition coefficient (Wildman–Crippen LogP) is 4.46. The van der Waals surface area contributed by atoms with E-state index in [-0.39, 0.29) is 18.0 Å². The van der Waals surface area contributed by atoms with Gasteiger partial charge in [-0.2, -0.15) is 0 Å². The first kappa shape index (κ1) is 18.2. The lowest BCUT2D eigenvalue weighted by atomic mass is 10.0. The van der Waals surface area contributed by atoms with E-state index in [1.165, 1.54) is 4.88 Å². The van der Waals surface area contributed by atoms with Crippen LogP contribution in [0.25, 0.3) is 0 Å². The van der Waals surface area contributed by atoms with E-state index >= 15 is 0 Å². The Bertz CT molecular complexity index is 834. The highest BCUT2D eigenvalue weighted by atomic mass is 32.1. The Hall–Kier alpha value is -2.63. The molecule has 1 aromatic heterocycles. The second kappa shape index (κ2) is 8.65. The van der Waals surface area contributed by atoms with E-state index in [0.29, 0.717) is 5.75 Å². The summed E-state index contributed by atoms with van der Waals surface area (Å²) in [5.74, 6) is 0.625. The van der Waals surface area contributed by atoms with Gasteiger partial charge in [-0.25, -0.2) is 0 Å². The summed E-state index contributed by atoms with van der Waals surface area (Å²) < 4.78 is 5.20. The molecule has 2 atom stereocenters. The van der Waals surface area contributed by atoms with E-state index in [2.05, 4.69) is 28.8 Å². The molecular formula is C21H22N2O2S. The maximum atomic E-state index is 12.6.